The molecule has 3 nitrogen and oxygen atoms in total. The number of halogens is 1. The van der Waals surface area contributed by atoms with Crippen molar-refractivity contribution in [2.75, 3.05) is 6.61 Å². The number of hydrogen-bond donors (Lipinski definition) is 1. The highest BCUT2D eigenvalue weighted by Crippen LogP contribution is 2.23. The molecule has 15 heavy (non-hydrogen) atoms. The van der Waals surface area contributed by atoms with E-state index in [1.54, 1.807) is 6.07 Å². The normalized spacial score (nSPS) is 31.5. The van der Waals surface area contributed by atoms with Crippen LogP contribution >= 0.6 is 0 Å². The number of ether oxygens (including phenoxy) is 1. The lowest BCUT2D eigenvalue weighted by atomic mass is 10.1. The van der Waals surface area contributed by atoms with Gasteiger partial charge in [0.2, 0.25) is 0 Å². The molecule has 3 atom stereocenters. The molecule has 1 fully saturated rings. The summed E-state index contributed by atoms with van der Waals surface area (Å²) in [4.78, 5) is 4.04. The maximum atomic E-state index is 12.7. The van der Waals surface area contributed by atoms with Crippen LogP contribution in [0.5, 0.6) is 0 Å². The summed E-state index contributed by atoms with van der Waals surface area (Å²) >= 11 is 0. The van der Waals surface area contributed by atoms with Crippen molar-refractivity contribution >= 4 is 0 Å². The number of nitrogens with one attached hydrogen (secondary N) is 1. The predicted octanol–water partition coefficient (Wildman–Crippen LogP) is 1.66. The Morgan fingerprint density at radius 1 is 1.47 bits per heavy atom. The van der Waals surface area contributed by atoms with Crippen LogP contribution in [0, 0.1) is 5.82 Å². The van der Waals surface area contributed by atoms with Crippen molar-refractivity contribution in [1.29, 1.82) is 0 Å². The third-order valence-electron chi connectivity index (χ3n) is 2.57. The summed E-state index contributed by atoms with van der Waals surface area (Å²) in [5, 5.41) is 3.38. The molecule has 1 N–H and O–H groups in total. The fourth-order valence-electron chi connectivity index (χ4n) is 1.87. The number of hydrogen-bond acceptors (Lipinski definition) is 3. The quantitative estimate of drug-likeness (QED) is 0.765. The summed E-state index contributed by atoms with van der Waals surface area (Å²) in [5.41, 5.74) is 0.781. The molecule has 1 aliphatic heterocycles. The largest absolute Gasteiger partial charge is 0.369 e. The van der Waals surface area contributed by atoms with Crippen molar-refractivity contribution in [2.24, 2.45) is 0 Å². The van der Waals surface area contributed by atoms with Gasteiger partial charge in [0, 0.05) is 12.1 Å². The van der Waals surface area contributed by atoms with E-state index < -0.39 is 0 Å². The highest BCUT2D eigenvalue weighted by molar-refractivity contribution is 5.11. The maximum absolute atomic E-state index is 12.7. The Morgan fingerprint density at radius 3 is 2.87 bits per heavy atom. The molecule has 3 unspecified atom stereocenters. The first kappa shape index (κ1) is 10.5. The lowest BCUT2D eigenvalue weighted by Crippen LogP contribution is -2.47. The van der Waals surface area contributed by atoms with Crippen molar-refractivity contribution in [1.82, 2.24) is 10.3 Å². The predicted molar refractivity (Wildman–Crippen MR) is 54.9 cm³/mol. The molecule has 82 valence electrons. The first-order valence-corrected chi connectivity index (χ1v) is 5.16. The van der Waals surface area contributed by atoms with Gasteiger partial charge in [-0.15, -0.1) is 0 Å². The van der Waals surface area contributed by atoms with Gasteiger partial charge in [0.05, 0.1) is 18.5 Å². The fraction of sp³-hybridized carbons (Fsp3) is 0.545. The highest BCUT2D eigenvalue weighted by atomic mass is 19.1. The number of aromatic nitrogens is 1. The second-order valence-corrected chi connectivity index (χ2v) is 4.01. The highest BCUT2D eigenvalue weighted by Gasteiger charge is 2.27. The Morgan fingerprint density at radius 2 is 2.27 bits per heavy atom. The Balaban J connectivity index is 2.13. The Hall–Kier alpha value is -1.00. The Bertz CT molecular complexity index is 328. The van der Waals surface area contributed by atoms with Crippen molar-refractivity contribution in [3.05, 3.63) is 29.8 Å². The van der Waals surface area contributed by atoms with Gasteiger partial charge in [0.25, 0.3) is 0 Å². The first-order valence-electron chi connectivity index (χ1n) is 5.16. The van der Waals surface area contributed by atoms with Gasteiger partial charge < -0.3 is 10.1 Å². The summed E-state index contributed by atoms with van der Waals surface area (Å²) in [7, 11) is 0. The number of morpholine rings is 1. The zero-order chi connectivity index (χ0) is 10.8. The van der Waals surface area contributed by atoms with Gasteiger partial charge in [-0.05, 0) is 26.0 Å². The van der Waals surface area contributed by atoms with Crippen LogP contribution in [0.3, 0.4) is 0 Å². The SMILES string of the molecule is CC1COC(c2ccc(F)cn2)C(C)N1. The average molecular weight is 210 g/mol. The molecule has 4 heteroatoms. The van der Waals surface area contributed by atoms with Crippen LogP contribution in [-0.4, -0.2) is 23.7 Å². The van der Waals surface area contributed by atoms with Crippen LogP contribution in [0.2, 0.25) is 0 Å². The molecular formula is C11H15FN2O. The topological polar surface area (TPSA) is 34.1 Å². The standard InChI is InChI=1S/C11H15FN2O/c1-7-6-15-11(8(2)14-7)10-4-3-9(12)5-13-10/h3-5,7-8,11,14H,6H2,1-2H3. The smallest absolute Gasteiger partial charge is 0.141 e. The summed E-state index contributed by atoms with van der Waals surface area (Å²) in [6.45, 7) is 4.78. The van der Waals surface area contributed by atoms with Gasteiger partial charge in [-0.3, -0.25) is 4.98 Å². The molecule has 0 saturated carbocycles. The third-order valence-corrected chi connectivity index (χ3v) is 2.57. The number of nitrogens with zero attached hydrogens (tertiary/aromatic N) is 1. The number of rotatable bonds is 1. The zero-order valence-corrected chi connectivity index (χ0v) is 8.90. The van der Waals surface area contributed by atoms with Crippen LogP contribution in [-0.2, 0) is 4.74 Å². The zero-order valence-electron chi connectivity index (χ0n) is 8.90. The monoisotopic (exact) mass is 210 g/mol. The molecule has 0 bridgehead atoms. The molecule has 1 aromatic rings. The minimum atomic E-state index is -0.316. The van der Waals surface area contributed by atoms with Gasteiger partial charge in [-0.2, -0.15) is 0 Å². The molecule has 0 spiro atoms. The van der Waals surface area contributed by atoms with Gasteiger partial charge in [-0.1, -0.05) is 0 Å². The Labute approximate surface area is 88.7 Å². The van der Waals surface area contributed by atoms with E-state index in [9.17, 15) is 4.39 Å². The van der Waals surface area contributed by atoms with Crippen LogP contribution in [0.4, 0.5) is 4.39 Å². The molecule has 1 saturated heterocycles. The van der Waals surface area contributed by atoms with E-state index in [1.165, 1.54) is 12.3 Å². The van der Waals surface area contributed by atoms with Crippen LogP contribution in [0.15, 0.2) is 18.3 Å². The second-order valence-electron chi connectivity index (χ2n) is 4.01. The van der Waals surface area contributed by atoms with Crippen molar-refractivity contribution in [3.8, 4) is 0 Å². The summed E-state index contributed by atoms with van der Waals surface area (Å²) in [6.07, 6.45) is 1.14. The lowest BCUT2D eigenvalue weighted by Gasteiger charge is -2.33. The van der Waals surface area contributed by atoms with Crippen molar-refractivity contribution in [3.63, 3.8) is 0 Å². The van der Waals surface area contributed by atoms with Gasteiger partial charge in [0.15, 0.2) is 0 Å². The van der Waals surface area contributed by atoms with Crippen LogP contribution in [0.1, 0.15) is 25.6 Å². The van der Waals surface area contributed by atoms with Crippen molar-refractivity contribution in [2.45, 2.75) is 32.0 Å². The van der Waals surface area contributed by atoms with Gasteiger partial charge >= 0.3 is 0 Å². The van der Waals surface area contributed by atoms with E-state index in [-0.39, 0.29) is 18.0 Å². The maximum Gasteiger partial charge on any atom is 0.141 e. The van der Waals surface area contributed by atoms with E-state index in [4.69, 9.17) is 4.74 Å². The fourth-order valence-corrected chi connectivity index (χ4v) is 1.87. The van der Waals surface area contributed by atoms with E-state index in [2.05, 4.69) is 17.2 Å². The van der Waals surface area contributed by atoms with Crippen molar-refractivity contribution < 1.29 is 9.13 Å². The summed E-state index contributed by atoms with van der Waals surface area (Å²) in [6, 6.07) is 3.65. The second kappa shape index (κ2) is 4.24. The third kappa shape index (κ3) is 2.33. The minimum absolute atomic E-state index is 0.0817. The molecule has 1 aromatic heterocycles. The molecule has 1 aliphatic rings. The molecular weight excluding hydrogens is 195 g/mol. The van der Waals surface area contributed by atoms with E-state index in [0.29, 0.717) is 12.6 Å². The molecule has 2 heterocycles. The van der Waals surface area contributed by atoms with Gasteiger partial charge in [-0.25, -0.2) is 4.39 Å². The summed E-state index contributed by atoms with van der Waals surface area (Å²) in [5.74, 6) is -0.316. The lowest BCUT2D eigenvalue weighted by molar-refractivity contribution is -0.0231. The molecule has 0 aromatic carbocycles. The molecule has 0 aliphatic carbocycles. The van der Waals surface area contributed by atoms with Crippen LogP contribution < -0.4 is 5.32 Å². The minimum Gasteiger partial charge on any atom is -0.369 e. The van der Waals surface area contributed by atoms with E-state index in [0.717, 1.165) is 5.69 Å². The first-order chi connectivity index (χ1) is 7.16. The average Bonchev–Trinajstić information content (AvgIpc) is 2.20. The van der Waals surface area contributed by atoms with Gasteiger partial charge in [0.1, 0.15) is 11.9 Å². The Kier molecular flexibility index (Phi) is 2.98. The van der Waals surface area contributed by atoms with Crippen LogP contribution in [0.25, 0.3) is 0 Å². The molecule has 0 amide bonds. The molecule has 2 rings (SSSR count). The molecule has 0 radical (unpaired) electrons. The summed E-state index contributed by atoms with van der Waals surface area (Å²) < 4.78 is 18.4. The van der Waals surface area contributed by atoms with E-state index in [1.807, 2.05) is 6.92 Å². The number of pyridine rings is 1. The van der Waals surface area contributed by atoms with E-state index >= 15 is 0 Å².